The maximum Gasteiger partial charge on any atom is 0.347 e. The molecule has 1 fully saturated rings. The molecule has 0 aromatic carbocycles. The van der Waals surface area contributed by atoms with Crippen LogP contribution in [-0.2, 0) is 12.3 Å². The summed E-state index contributed by atoms with van der Waals surface area (Å²) in [7, 11) is -7.74. The van der Waals surface area contributed by atoms with E-state index in [1.54, 1.807) is 0 Å². The van der Waals surface area contributed by atoms with Crippen LogP contribution in [0.2, 0.25) is 18.1 Å². The number of rotatable bonds is 24. The summed E-state index contributed by atoms with van der Waals surface area (Å²) in [6.45, 7) is 19.7. The molecular formula is C30H60O3Si3. The Hall–Kier alpha value is -0.249. The highest BCUT2D eigenvalue weighted by atomic mass is 28.5. The molecule has 3 nitrogen and oxygen atoms in total. The van der Waals surface area contributed by atoms with Crippen LogP contribution in [0.5, 0.6) is 0 Å². The van der Waals surface area contributed by atoms with Gasteiger partial charge in [0.1, 0.15) is 0 Å². The Bertz CT molecular complexity index is 509. The highest BCUT2D eigenvalue weighted by Gasteiger charge is 2.58. The molecule has 0 N–H and O–H groups in total. The van der Waals surface area contributed by atoms with Crippen molar-refractivity contribution in [1.29, 1.82) is 0 Å². The van der Waals surface area contributed by atoms with E-state index < -0.39 is 25.7 Å². The van der Waals surface area contributed by atoms with Crippen molar-refractivity contribution in [2.75, 3.05) is 0 Å². The molecular weight excluding hydrogens is 493 g/mol. The molecule has 1 aliphatic heterocycles. The summed E-state index contributed by atoms with van der Waals surface area (Å²) >= 11 is 0. The van der Waals surface area contributed by atoms with Crippen LogP contribution < -0.4 is 0 Å². The summed E-state index contributed by atoms with van der Waals surface area (Å²) in [5.41, 5.74) is 6.21. The second-order valence-corrected chi connectivity index (χ2v) is 21.0. The molecule has 1 saturated heterocycles. The van der Waals surface area contributed by atoms with E-state index in [4.69, 9.17) is 12.3 Å². The topological polar surface area (TPSA) is 27.7 Å². The van der Waals surface area contributed by atoms with Gasteiger partial charge in [0.2, 0.25) is 0 Å². The molecule has 1 rings (SSSR count). The van der Waals surface area contributed by atoms with E-state index in [0.29, 0.717) is 0 Å². The van der Waals surface area contributed by atoms with Crippen molar-refractivity contribution in [3.8, 4) is 0 Å². The highest BCUT2D eigenvalue weighted by Crippen LogP contribution is 2.40. The van der Waals surface area contributed by atoms with E-state index in [0.717, 1.165) is 37.4 Å². The molecule has 0 bridgehead atoms. The van der Waals surface area contributed by atoms with Crippen LogP contribution in [-0.4, -0.2) is 25.7 Å². The number of hydrogen-bond acceptors (Lipinski definition) is 3. The molecule has 36 heavy (non-hydrogen) atoms. The molecule has 1 heterocycles. The summed E-state index contributed by atoms with van der Waals surface area (Å²) in [5, 5.41) is 0. The SMILES string of the molecule is C=C[Si]1(CCCCCCCC)O[Si](C=C)(CCCCCCCC)O[Si](C=C)(CCCCCCCC)O1. The standard InChI is InChI=1S/C30H60O3Si3/c1-7-13-16-19-22-25-28-34(10-4)31-35(11-5,29-26-23-20-17-14-8-2)33-36(12-6,32-34)30-27-24-21-18-15-9-3/h10-12H,4-9,13-30H2,1-3H3. The Morgan fingerprint density at radius 2 is 0.611 bits per heavy atom. The van der Waals surface area contributed by atoms with Crippen molar-refractivity contribution in [1.82, 2.24) is 0 Å². The zero-order valence-corrected chi connectivity index (χ0v) is 27.4. The average Bonchev–Trinajstić information content (AvgIpc) is 2.90. The minimum Gasteiger partial charge on any atom is -0.409 e. The van der Waals surface area contributed by atoms with Gasteiger partial charge in [0, 0.05) is 0 Å². The minimum absolute atomic E-state index is 0.990. The molecule has 0 aromatic rings. The third-order valence-corrected chi connectivity index (χ3v) is 20.9. The molecule has 0 aliphatic carbocycles. The van der Waals surface area contributed by atoms with Gasteiger partial charge in [-0.2, -0.15) is 0 Å². The molecule has 0 atom stereocenters. The first-order valence-electron chi connectivity index (χ1n) is 15.5. The molecule has 0 amide bonds. The molecule has 6 heteroatoms. The fraction of sp³-hybridized carbons (Fsp3) is 0.800. The maximum absolute atomic E-state index is 7.02. The van der Waals surface area contributed by atoms with Gasteiger partial charge in [-0.05, 0) is 18.1 Å². The van der Waals surface area contributed by atoms with Crippen LogP contribution in [0.25, 0.3) is 0 Å². The van der Waals surface area contributed by atoms with Crippen LogP contribution in [0.15, 0.2) is 36.8 Å². The van der Waals surface area contributed by atoms with E-state index in [2.05, 4.69) is 57.6 Å². The minimum atomic E-state index is -2.58. The molecule has 0 spiro atoms. The first-order valence-corrected chi connectivity index (χ1v) is 21.8. The van der Waals surface area contributed by atoms with Crippen molar-refractivity contribution in [2.45, 2.75) is 154 Å². The molecule has 0 radical (unpaired) electrons. The van der Waals surface area contributed by atoms with Crippen molar-refractivity contribution >= 4 is 25.7 Å². The highest BCUT2D eigenvalue weighted by molar-refractivity contribution is 6.99. The van der Waals surface area contributed by atoms with Crippen molar-refractivity contribution in [3.05, 3.63) is 36.8 Å². The van der Waals surface area contributed by atoms with Crippen molar-refractivity contribution < 1.29 is 12.3 Å². The number of unbranched alkanes of at least 4 members (excludes halogenated alkanes) is 15. The van der Waals surface area contributed by atoms with Gasteiger partial charge in [0.25, 0.3) is 0 Å². The summed E-state index contributed by atoms with van der Waals surface area (Å²) < 4.78 is 21.0. The zero-order valence-electron chi connectivity index (χ0n) is 24.4. The van der Waals surface area contributed by atoms with E-state index >= 15 is 0 Å². The lowest BCUT2D eigenvalue weighted by molar-refractivity contribution is 0.231. The van der Waals surface area contributed by atoms with Gasteiger partial charge < -0.3 is 12.3 Å². The molecule has 0 saturated carbocycles. The third-order valence-electron chi connectivity index (χ3n) is 7.61. The van der Waals surface area contributed by atoms with Crippen molar-refractivity contribution in [3.63, 3.8) is 0 Å². The van der Waals surface area contributed by atoms with E-state index in [1.807, 2.05) is 0 Å². The normalized spacial score (nSPS) is 26.1. The monoisotopic (exact) mass is 552 g/mol. The van der Waals surface area contributed by atoms with Gasteiger partial charge in [-0.15, -0.1) is 19.7 Å². The van der Waals surface area contributed by atoms with Crippen LogP contribution >= 0.6 is 0 Å². The quantitative estimate of drug-likeness (QED) is 0.0880. The second-order valence-electron chi connectivity index (χ2n) is 10.9. The molecule has 210 valence electrons. The molecule has 1 aliphatic rings. The fourth-order valence-electron chi connectivity index (χ4n) is 5.26. The Morgan fingerprint density at radius 3 is 0.833 bits per heavy atom. The van der Waals surface area contributed by atoms with E-state index in [-0.39, 0.29) is 0 Å². The Balaban J connectivity index is 2.95. The predicted octanol–water partition coefficient (Wildman–Crippen LogP) is 10.6. The Morgan fingerprint density at radius 1 is 0.389 bits per heavy atom. The van der Waals surface area contributed by atoms with Crippen LogP contribution in [0.4, 0.5) is 0 Å². The van der Waals surface area contributed by atoms with Gasteiger partial charge in [0.15, 0.2) is 0 Å². The van der Waals surface area contributed by atoms with Crippen LogP contribution in [0.1, 0.15) is 136 Å². The summed E-state index contributed by atoms with van der Waals surface area (Å²) in [4.78, 5) is 0. The van der Waals surface area contributed by atoms with Crippen molar-refractivity contribution in [2.24, 2.45) is 0 Å². The smallest absolute Gasteiger partial charge is 0.347 e. The third kappa shape index (κ3) is 12.5. The maximum atomic E-state index is 7.02. The molecule has 0 aromatic heterocycles. The predicted molar refractivity (Wildman–Crippen MR) is 166 cm³/mol. The van der Waals surface area contributed by atoms with Gasteiger partial charge in [-0.1, -0.05) is 153 Å². The van der Waals surface area contributed by atoms with Crippen LogP contribution in [0.3, 0.4) is 0 Å². The first-order chi connectivity index (χ1) is 17.5. The largest absolute Gasteiger partial charge is 0.409 e. The average molecular weight is 553 g/mol. The zero-order chi connectivity index (χ0) is 26.6. The lowest BCUT2D eigenvalue weighted by Crippen LogP contribution is -2.68. The molecule has 0 unspecified atom stereocenters. The van der Waals surface area contributed by atoms with Gasteiger partial charge >= 0.3 is 25.7 Å². The Kier molecular flexibility index (Phi) is 18.5. The summed E-state index contributed by atoms with van der Waals surface area (Å²) in [6, 6.07) is 2.97. The summed E-state index contributed by atoms with van der Waals surface area (Å²) in [5.74, 6) is 0. The van der Waals surface area contributed by atoms with Gasteiger partial charge in [-0.25, -0.2) is 0 Å². The second kappa shape index (κ2) is 19.8. The number of hydrogen-bond donors (Lipinski definition) is 0. The summed E-state index contributed by atoms with van der Waals surface area (Å²) in [6.07, 6.45) is 22.9. The van der Waals surface area contributed by atoms with Crippen LogP contribution in [0, 0.1) is 0 Å². The Labute approximate surface area is 228 Å². The van der Waals surface area contributed by atoms with E-state index in [1.165, 1.54) is 96.3 Å². The lowest BCUT2D eigenvalue weighted by atomic mass is 10.1. The fourth-order valence-corrected chi connectivity index (χ4v) is 21.2. The first kappa shape index (κ1) is 33.8. The lowest BCUT2D eigenvalue weighted by Gasteiger charge is -2.51. The van der Waals surface area contributed by atoms with Gasteiger partial charge in [-0.3, -0.25) is 0 Å². The van der Waals surface area contributed by atoms with Gasteiger partial charge in [0.05, 0.1) is 0 Å². The van der Waals surface area contributed by atoms with E-state index in [9.17, 15) is 0 Å².